The van der Waals surface area contributed by atoms with Gasteiger partial charge in [-0.3, -0.25) is 10.1 Å². The molecule has 112 valence electrons. The first kappa shape index (κ1) is 13.6. The number of nitrogens with one attached hydrogen (secondary N) is 1. The molecule has 6 heteroatoms. The second-order valence-corrected chi connectivity index (χ2v) is 6.29. The Balaban J connectivity index is 1.70. The second-order valence-electron chi connectivity index (χ2n) is 5.29. The minimum Gasteiger partial charge on any atom is -0.368 e. The summed E-state index contributed by atoms with van der Waals surface area (Å²) < 4.78 is 19.6. The largest absolute Gasteiger partial charge is 0.368 e. The SMILES string of the molecule is O=C(Nc1nc2ccc3cc(F)ccc3c2s1)[C@H]1CCCO1. The topological polar surface area (TPSA) is 51.2 Å². The second kappa shape index (κ2) is 5.30. The van der Waals surface area contributed by atoms with Crippen LogP contribution >= 0.6 is 11.3 Å². The third-order valence-corrected chi connectivity index (χ3v) is 4.80. The number of halogens is 1. The molecule has 1 fully saturated rings. The van der Waals surface area contributed by atoms with Crippen molar-refractivity contribution >= 4 is 43.4 Å². The van der Waals surface area contributed by atoms with Crippen LogP contribution in [0.5, 0.6) is 0 Å². The van der Waals surface area contributed by atoms with Gasteiger partial charge in [-0.2, -0.15) is 0 Å². The lowest BCUT2D eigenvalue weighted by molar-refractivity contribution is -0.124. The van der Waals surface area contributed by atoms with Gasteiger partial charge < -0.3 is 4.74 Å². The van der Waals surface area contributed by atoms with Crippen LogP contribution in [0.4, 0.5) is 9.52 Å². The van der Waals surface area contributed by atoms with Gasteiger partial charge in [-0.25, -0.2) is 9.37 Å². The number of nitrogens with zero attached hydrogens (tertiary/aromatic N) is 1. The summed E-state index contributed by atoms with van der Waals surface area (Å²) in [7, 11) is 0. The molecular formula is C16H13FN2O2S. The van der Waals surface area contributed by atoms with Gasteiger partial charge in [-0.15, -0.1) is 0 Å². The van der Waals surface area contributed by atoms with Crippen LogP contribution < -0.4 is 5.32 Å². The average molecular weight is 316 g/mol. The predicted molar refractivity (Wildman–Crippen MR) is 84.7 cm³/mol. The van der Waals surface area contributed by atoms with Crippen LogP contribution in [0.25, 0.3) is 21.0 Å². The molecule has 1 N–H and O–H groups in total. The Morgan fingerprint density at radius 2 is 2.27 bits per heavy atom. The number of carbonyl (C=O) groups excluding carboxylic acids is 1. The van der Waals surface area contributed by atoms with E-state index in [4.69, 9.17) is 4.74 Å². The van der Waals surface area contributed by atoms with E-state index in [2.05, 4.69) is 10.3 Å². The number of thiazole rings is 1. The highest BCUT2D eigenvalue weighted by molar-refractivity contribution is 7.23. The third kappa shape index (κ3) is 2.34. The lowest BCUT2D eigenvalue weighted by Gasteiger charge is -2.07. The fourth-order valence-electron chi connectivity index (χ4n) is 2.71. The number of hydrogen-bond donors (Lipinski definition) is 1. The first-order valence-electron chi connectivity index (χ1n) is 7.12. The summed E-state index contributed by atoms with van der Waals surface area (Å²) in [5, 5.41) is 5.13. The highest BCUT2D eigenvalue weighted by atomic mass is 32.1. The van der Waals surface area contributed by atoms with E-state index in [1.807, 2.05) is 12.1 Å². The summed E-state index contributed by atoms with van der Waals surface area (Å²) in [6.45, 7) is 0.633. The summed E-state index contributed by atoms with van der Waals surface area (Å²) in [6, 6.07) is 8.36. The number of amides is 1. The van der Waals surface area contributed by atoms with E-state index in [1.165, 1.54) is 23.5 Å². The van der Waals surface area contributed by atoms with Crippen molar-refractivity contribution < 1.29 is 13.9 Å². The summed E-state index contributed by atoms with van der Waals surface area (Å²) in [5.41, 5.74) is 0.798. The molecule has 0 unspecified atom stereocenters. The number of rotatable bonds is 2. The van der Waals surface area contributed by atoms with Crippen molar-refractivity contribution in [1.29, 1.82) is 0 Å². The van der Waals surface area contributed by atoms with Gasteiger partial charge in [0.15, 0.2) is 5.13 Å². The number of benzene rings is 2. The van der Waals surface area contributed by atoms with Crippen LogP contribution in [0.1, 0.15) is 12.8 Å². The zero-order chi connectivity index (χ0) is 15.1. The van der Waals surface area contributed by atoms with Crippen LogP contribution in [0, 0.1) is 5.82 Å². The molecule has 1 saturated heterocycles. The predicted octanol–water partition coefficient (Wildman–Crippen LogP) is 3.71. The number of ether oxygens (including phenoxy) is 1. The standard InChI is InChI=1S/C16H13FN2O2S/c17-10-4-5-11-9(8-10)3-6-12-14(11)22-16(18-12)19-15(20)13-2-1-7-21-13/h3-6,8,13H,1-2,7H2,(H,18,19,20)/t13-/m1/s1. The maximum absolute atomic E-state index is 13.3. The van der Waals surface area contributed by atoms with Crippen molar-refractivity contribution in [3.63, 3.8) is 0 Å². The molecule has 3 aromatic rings. The Morgan fingerprint density at radius 1 is 1.36 bits per heavy atom. The quantitative estimate of drug-likeness (QED) is 0.784. The molecule has 0 aliphatic carbocycles. The number of aromatic nitrogens is 1. The van der Waals surface area contributed by atoms with E-state index in [-0.39, 0.29) is 17.8 Å². The zero-order valence-corrected chi connectivity index (χ0v) is 12.5. The van der Waals surface area contributed by atoms with E-state index in [0.717, 1.165) is 33.8 Å². The number of carbonyl (C=O) groups is 1. The monoisotopic (exact) mass is 316 g/mol. The van der Waals surface area contributed by atoms with Gasteiger partial charge in [0.05, 0.1) is 10.2 Å². The number of fused-ring (bicyclic) bond motifs is 3. The molecule has 1 atom stereocenters. The van der Waals surface area contributed by atoms with E-state index < -0.39 is 0 Å². The van der Waals surface area contributed by atoms with Crippen molar-refractivity contribution in [2.75, 3.05) is 11.9 Å². The molecule has 0 bridgehead atoms. The van der Waals surface area contributed by atoms with E-state index in [9.17, 15) is 9.18 Å². The van der Waals surface area contributed by atoms with E-state index in [1.54, 1.807) is 6.07 Å². The van der Waals surface area contributed by atoms with Crippen LogP contribution in [0.3, 0.4) is 0 Å². The van der Waals surface area contributed by atoms with Crippen LogP contribution in [0.15, 0.2) is 30.3 Å². The Hall–Kier alpha value is -2.05. The molecule has 1 aliphatic rings. The first-order chi connectivity index (χ1) is 10.7. The molecule has 0 radical (unpaired) electrons. The van der Waals surface area contributed by atoms with Crippen molar-refractivity contribution in [2.24, 2.45) is 0 Å². The van der Waals surface area contributed by atoms with Gasteiger partial charge in [0, 0.05) is 12.0 Å². The van der Waals surface area contributed by atoms with Gasteiger partial charge in [0.25, 0.3) is 5.91 Å². The van der Waals surface area contributed by atoms with Gasteiger partial charge in [-0.1, -0.05) is 17.4 Å². The zero-order valence-electron chi connectivity index (χ0n) is 11.6. The van der Waals surface area contributed by atoms with Crippen molar-refractivity contribution in [3.8, 4) is 0 Å². The molecule has 22 heavy (non-hydrogen) atoms. The summed E-state index contributed by atoms with van der Waals surface area (Å²) in [4.78, 5) is 16.5. The molecule has 1 aliphatic heterocycles. The molecular weight excluding hydrogens is 303 g/mol. The maximum Gasteiger partial charge on any atom is 0.255 e. The van der Waals surface area contributed by atoms with Gasteiger partial charge in [0.2, 0.25) is 0 Å². The third-order valence-electron chi connectivity index (χ3n) is 3.78. The Morgan fingerprint density at radius 3 is 3.09 bits per heavy atom. The maximum atomic E-state index is 13.3. The Labute approximate surface area is 129 Å². The summed E-state index contributed by atoms with van der Waals surface area (Å²) in [5.74, 6) is -0.407. The molecule has 1 amide bonds. The lowest BCUT2D eigenvalue weighted by Crippen LogP contribution is -2.26. The fourth-order valence-corrected chi connectivity index (χ4v) is 3.71. The molecule has 0 saturated carbocycles. The van der Waals surface area contributed by atoms with E-state index >= 15 is 0 Å². The number of anilines is 1. The van der Waals surface area contributed by atoms with E-state index in [0.29, 0.717) is 11.7 Å². The van der Waals surface area contributed by atoms with Crippen LogP contribution in [-0.2, 0) is 9.53 Å². The lowest BCUT2D eigenvalue weighted by atomic mass is 10.1. The first-order valence-corrected chi connectivity index (χ1v) is 7.94. The van der Waals surface area contributed by atoms with Gasteiger partial charge >= 0.3 is 0 Å². The molecule has 2 aromatic carbocycles. The minimum atomic E-state index is -0.377. The summed E-state index contributed by atoms with van der Waals surface area (Å²) >= 11 is 1.40. The normalized spacial score (nSPS) is 18.1. The van der Waals surface area contributed by atoms with Crippen molar-refractivity contribution in [2.45, 2.75) is 18.9 Å². The van der Waals surface area contributed by atoms with Crippen LogP contribution in [0.2, 0.25) is 0 Å². The average Bonchev–Trinajstić information content (AvgIpc) is 3.15. The Kier molecular flexibility index (Phi) is 3.28. The minimum absolute atomic E-state index is 0.146. The Bertz CT molecular complexity index is 871. The summed E-state index contributed by atoms with van der Waals surface area (Å²) in [6.07, 6.45) is 1.28. The van der Waals surface area contributed by atoms with Gasteiger partial charge in [-0.05, 0) is 42.5 Å². The molecule has 4 nitrogen and oxygen atoms in total. The smallest absolute Gasteiger partial charge is 0.255 e. The van der Waals surface area contributed by atoms with Gasteiger partial charge in [0.1, 0.15) is 11.9 Å². The van der Waals surface area contributed by atoms with Crippen LogP contribution in [-0.4, -0.2) is 23.6 Å². The van der Waals surface area contributed by atoms with Crippen molar-refractivity contribution in [3.05, 3.63) is 36.1 Å². The fraction of sp³-hybridized carbons (Fsp3) is 0.250. The molecule has 1 aromatic heterocycles. The molecule has 2 heterocycles. The highest BCUT2D eigenvalue weighted by Crippen LogP contribution is 2.33. The highest BCUT2D eigenvalue weighted by Gasteiger charge is 2.24. The van der Waals surface area contributed by atoms with Crippen molar-refractivity contribution in [1.82, 2.24) is 4.98 Å². The molecule has 4 rings (SSSR count). The molecule has 0 spiro atoms. The number of hydrogen-bond acceptors (Lipinski definition) is 4.